The fraction of sp³-hybridized carbons (Fsp3) is 0.429. The van der Waals surface area contributed by atoms with Gasteiger partial charge in [0.2, 0.25) is 10.0 Å². The van der Waals surface area contributed by atoms with Crippen LogP contribution >= 0.6 is 11.6 Å². The molecule has 2 aromatic carbocycles. The number of halogens is 1. The Morgan fingerprint density at radius 2 is 1.84 bits per heavy atom. The SMILES string of the molecule is O=[N+]([O-])c1ccc(S(=O)(=O)NCC2CCN(C[C@H]3COc4ccc(Cl)cc4O3)CC2)cc1. The number of hydrogen-bond donors (Lipinski definition) is 1. The lowest BCUT2D eigenvalue weighted by Gasteiger charge is -2.35. The second-order valence-corrected chi connectivity index (χ2v) is 10.2. The third-order valence-electron chi connectivity index (χ3n) is 5.71. The standard InChI is InChI=1S/C21H24ClN3O6S/c22-16-1-6-20-21(11-16)31-18(14-30-20)13-24-9-7-15(8-10-24)12-23-32(28,29)19-4-2-17(3-5-19)25(26)27/h1-6,11,15,18,23H,7-10,12-14H2/t18-/m0/s1. The molecule has 0 aromatic heterocycles. The highest BCUT2D eigenvalue weighted by Crippen LogP contribution is 2.34. The lowest BCUT2D eigenvalue weighted by atomic mass is 9.97. The van der Waals surface area contributed by atoms with Crippen molar-refractivity contribution in [3.8, 4) is 11.5 Å². The van der Waals surface area contributed by atoms with Gasteiger partial charge in [0.15, 0.2) is 11.5 Å². The molecule has 2 aliphatic rings. The Bertz CT molecular complexity index is 1070. The van der Waals surface area contributed by atoms with Gasteiger partial charge in [0.1, 0.15) is 12.7 Å². The van der Waals surface area contributed by atoms with Crippen LogP contribution < -0.4 is 14.2 Å². The van der Waals surface area contributed by atoms with E-state index in [0.717, 1.165) is 32.5 Å². The number of rotatable bonds is 7. The van der Waals surface area contributed by atoms with Gasteiger partial charge in [-0.25, -0.2) is 13.1 Å². The summed E-state index contributed by atoms with van der Waals surface area (Å²) < 4.78 is 39.4. The fourth-order valence-electron chi connectivity index (χ4n) is 3.90. The van der Waals surface area contributed by atoms with Gasteiger partial charge in [-0.05, 0) is 56.1 Å². The highest BCUT2D eigenvalue weighted by molar-refractivity contribution is 7.89. The van der Waals surface area contributed by atoms with E-state index in [1.807, 2.05) is 0 Å². The molecule has 9 nitrogen and oxygen atoms in total. The number of nitrogens with zero attached hydrogens (tertiary/aromatic N) is 2. The zero-order valence-corrected chi connectivity index (χ0v) is 18.8. The molecule has 0 amide bonds. The molecule has 1 fully saturated rings. The van der Waals surface area contributed by atoms with E-state index in [2.05, 4.69) is 9.62 Å². The molecule has 2 aromatic rings. The van der Waals surface area contributed by atoms with Crippen molar-refractivity contribution in [2.45, 2.75) is 23.8 Å². The average Bonchev–Trinajstić information content (AvgIpc) is 2.78. The van der Waals surface area contributed by atoms with Crippen LogP contribution in [-0.2, 0) is 10.0 Å². The van der Waals surface area contributed by atoms with Crippen LogP contribution in [0.4, 0.5) is 5.69 Å². The van der Waals surface area contributed by atoms with Crippen molar-refractivity contribution in [1.29, 1.82) is 0 Å². The summed E-state index contributed by atoms with van der Waals surface area (Å²) >= 11 is 6.03. The normalized spacial score (nSPS) is 19.6. The maximum atomic E-state index is 12.5. The van der Waals surface area contributed by atoms with Gasteiger partial charge < -0.3 is 9.47 Å². The molecular formula is C21H24ClN3O6S. The molecule has 32 heavy (non-hydrogen) atoms. The van der Waals surface area contributed by atoms with Crippen molar-refractivity contribution in [2.75, 3.05) is 32.8 Å². The Kier molecular flexibility index (Phi) is 6.85. The van der Waals surface area contributed by atoms with Gasteiger partial charge in [0.05, 0.1) is 9.82 Å². The summed E-state index contributed by atoms with van der Waals surface area (Å²) in [4.78, 5) is 12.5. The largest absolute Gasteiger partial charge is 0.486 e. The van der Waals surface area contributed by atoms with E-state index >= 15 is 0 Å². The highest BCUT2D eigenvalue weighted by atomic mass is 35.5. The molecule has 0 radical (unpaired) electrons. The topological polar surface area (TPSA) is 111 Å². The molecule has 1 saturated heterocycles. The molecule has 2 heterocycles. The summed E-state index contributed by atoms with van der Waals surface area (Å²) in [6.45, 7) is 3.22. The second kappa shape index (κ2) is 9.62. The third kappa shape index (κ3) is 5.50. The third-order valence-corrected chi connectivity index (χ3v) is 7.39. The Balaban J connectivity index is 1.23. The Labute approximate surface area is 191 Å². The van der Waals surface area contributed by atoms with Crippen molar-refractivity contribution in [2.24, 2.45) is 5.92 Å². The van der Waals surface area contributed by atoms with Crippen LogP contribution in [0.1, 0.15) is 12.8 Å². The van der Waals surface area contributed by atoms with Gasteiger partial charge in [0.25, 0.3) is 5.69 Å². The zero-order valence-electron chi connectivity index (χ0n) is 17.3. The molecule has 0 spiro atoms. The molecule has 0 aliphatic carbocycles. The molecule has 172 valence electrons. The van der Waals surface area contributed by atoms with Crippen molar-refractivity contribution in [3.05, 3.63) is 57.6 Å². The molecule has 4 rings (SSSR count). The number of sulfonamides is 1. The minimum Gasteiger partial charge on any atom is -0.486 e. The van der Waals surface area contributed by atoms with Gasteiger partial charge in [0, 0.05) is 36.3 Å². The first kappa shape index (κ1) is 22.8. The van der Waals surface area contributed by atoms with E-state index in [4.69, 9.17) is 21.1 Å². The lowest BCUT2D eigenvalue weighted by Crippen LogP contribution is -2.45. The van der Waals surface area contributed by atoms with E-state index in [1.54, 1.807) is 18.2 Å². The smallest absolute Gasteiger partial charge is 0.269 e. The van der Waals surface area contributed by atoms with Gasteiger partial charge in [-0.15, -0.1) is 0 Å². The first-order valence-corrected chi connectivity index (χ1v) is 12.2. The first-order valence-electron chi connectivity index (χ1n) is 10.4. The Morgan fingerprint density at radius 1 is 1.12 bits per heavy atom. The average molecular weight is 482 g/mol. The number of benzene rings is 2. The molecule has 0 bridgehead atoms. The zero-order chi connectivity index (χ0) is 22.7. The van der Waals surface area contributed by atoms with E-state index in [0.29, 0.717) is 29.7 Å². The molecule has 2 aliphatic heterocycles. The number of nitrogens with one attached hydrogen (secondary N) is 1. The molecule has 1 atom stereocenters. The molecule has 0 unspecified atom stereocenters. The summed E-state index contributed by atoms with van der Waals surface area (Å²) in [6, 6.07) is 10.2. The molecule has 0 saturated carbocycles. The van der Waals surface area contributed by atoms with Crippen LogP contribution in [0.5, 0.6) is 11.5 Å². The monoisotopic (exact) mass is 481 g/mol. The van der Waals surface area contributed by atoms with Crippen molar-refractivity contribution in [1.82, 2.24) is 9.62 Å². The van der Waals surface area contributed by atoms with Gasteiger partial charge in [-0.1, -0.05) is 11.6 Å². The number of nitro benzene ring substituents is 1. The number of nitro groups is 1. The minimum absolute atomic E-state index is 0.0235. The number of ether oxygens (including phenoxy) is 2. The van der Waals surface area contributed by atoms with Gasteiger partial charge in [-0.3, -0.25) is 15.0 Å². The van der Waals surface area contributed by atoms with Crippen LogP contribution in [0.15, 0.2) is 47.4 Å². The van der Waals surface area contributed by atoms with Crippen LogP contribution in [0.2, 0.25) is 5.02 Å². The molecule has 1 N–H and O–H groups in total. The van der Waals surface area contributed by atoms with Gasteiger partial charge in [-0.2, -0.15) is 0 Å². The Hall–Kier alpha value is -2.40. The van der Waals surface area contributed by atoms with Crippen LogP contribution in [0, 0.1) is 16.0 Å². The van der Waals surface area contributed by atoms with E-state index in [-0.39, 0.29) is 22.6 Å². The fourth-order valence-corrected chi connectivity index (χ4v) is 5.18. The molecule has 11 heteroatoms. The maximum absolute atomic E-state index is 12.5. The number of hydrogen-bond acceptors (Lipinski definition) is 7. The van der Waals surface area contributed by atoms with Crippen molar-refractivity contribution >= 4 is 27.3 Å². The predicted octanol–water partition coefficient (Wildman–Crippen LogP) is 3.08. The number of piperidine rings is 1. The summed E-state index contributed by atoms with van der Waals surface area (Å²) in [6.07, 6.45) is 1.63. The second-order valence-electron chi connectivity index (χ2n) is 7.99. The number of likely N-dealkylation sites (tertiary alicyclic amines) is 1. The van der Waals surface area contributed by atoms with Gasteiger partial charge >= 0.3 is 0 Å². The van der Waals surface area contributed by atoms with Crippen LogP contribution in [-0.4, -0.2) is 57.1 Å². The Morgan fingerprint density at radius 3 is 2.53 bits per heavy atom. The van der Waals surface area contributed by atoms with Crippen LogP contribution in [0.25, 0.3) is 0 Å². The molecular weight excluding hydrogens is 458 g/mol. The minimum atomic E-state index is -3.70. The van der Waals surface area contributed by atoms with Crippen molar-refractivity contribution in [3.63, 3.8) is 0 Å². The quantitative estimate of drug-likeness (QED) is 0.477. The van der Waals surface area contributed by atoms with Crippen LogP contribution in [0.3, 0.4) is 0 Å². The number of fused-ring (bicyclic) bond motifs is 1. The summed E-state index contributed by atoms with van der Waals surface area (Å²) in [7, 11) is -3.70. The van der Waals surface area contributed by atoms with E-state index < -0.39 is 14.9 Å². The highest BCUT2D eigenvalue weighted by Gasteiger charge is 2.27. The van der Waals surface area contributed by atoms with E-state index in [9.17, 15) is 18.5 Å². The van der Waals surface area contributed by atoms with Crippen molar-refractivity contribution < 1.29 is 22.8 Å². The predicted molar refractivity (Wildman–Crippen MR) is 119 cm³/mol. The summed E-state index contributed by atoms with van der Waals surface area (Å²) in [5, 5.41) is 11.3. The first-order chi connectivity index (χ1) is 15.3. The lowest BCUT2D eigenvalue weighted by molar-refractivity contribution is -0.384. The maximum Gasteiger partial charge on any atom is 0.269 e. The number of non-ortho nitro benzene ring substituents is 1. The van der Waals surface area contributed by atoms with E-state index in [1.165, 1.54) is 24.3 Å². The summed E-state index contributed by atoms with van der Waals surface area (Å²) in [5.41, 5.74) is -0.143. The summed E-state index contributed by atoms with van der Waals surface area (Å²) in [5.74, 6) is 1.58.